The number of halogens is 3. The number of nitrogens with two attached hydrogens (primary N) is 1. The van der Waals surface area contributed by atoms with E-state index in [1.165, 1.54) is 18.2 Å². The first-order valence-electron chi connectivity index (χ1n) is 5.88. The zero-order valence-electron chi connectivity index (χ0n) is 11.2. The van der Waals surface area contributed by atoms with E-state index in [4.69, 9.17) is 15.9 Å². The molecule has 1 aromatic rings. The van der Waals surface area contributed by atoms with Crippen LogP contribution in [0.2, 0.25) is 0 Å². The number of methoxy groups -OCH3 is 1. The second-order valence-corrected chi connectivity index (χ2v) is 4.41. The van der Waals surface area contributed by atoms with Crippen LogP contribution in [0.5, 0.6) is 5.75 Å². The average molecular weight is 298 g/mol. The second kappa shape index (κ2) is 5.12. The van der Waals surface area contributed by atoms with E-state index in [1.54, 1.807) is 0 Å². The lowest BCUT2D eigenvalue weighted by Crippen LogP contribution is -2.30. The topological polar surface area (TPSA) is 74.7 Å². The number of hydrazone groups is 1. The molecule has 0 radical (unpaired) electrons. The lowest BCUT2D eigenvalue weighted by Gasteiger charge is -2.12. The van der Waals surface area contributed by atoms with Crippen LogP contribution in [0, 0.1) is 5.41 Å². The number of alkyl halides is 3. The molecule has 0 amide bonds. The Labute approximate surface area is 119 Å². The lowest BCUT2D eigenvalue weighted by molar-refractivity contribution is -0.137. The van der Waals surface area contributed by atoms with Crippen molar-refractivity contribution in [1.29, 1.82) is 5.41 Å². The van der Waals surface area contributed by atoms with Crippen molar-refractivity contribution in [2.75, 3.05) is 13.7 Å². The van der Waals surface area contributed by atoms with Crippen LogP contribution in [0.3, 0.4) is 0 Å². The summed E-state index contributed by atoms with van der Waals surface area (Å²) < 4.78 is 43.1. The summed E-state index contributed by atoms with van der Waals surface area (Å²) in [7, 11) is 1.28. The number of guanidine groups is 1. The molecule has 0 unspecified atom stereocenters. The van der Waals surface area contributed by atoms with Gasteiger partial charge in [0.15, 0.2) is 0 Å². The second-order valence-electron chi connectivity index (χ2n) is 4.41. The molecule has 112 valence electrons. The van der Waals surface area contributed by atoms with Crippen LogP contribution in [-0.4, -0.2) is 30.3 Å². The first-order chi connectivity index (χ1) is 9.74. The maximum atomic E-state index is 12.7. The predicted molar refractivity (Wildman–Crippen MR) is 72.3 cm³/mol. The van der Waals surface area contributed by atoms with Gasteiger partial charge in [0.05, 0.1) is 24.9 Å². The average Bonchev–Trinajstić information content (AvgIpc) is 2.79. The normalized spacial score (nSPS) is 15.1. The van der Waals surface area contributed by atoms with Crippen LogP contribution >= 0.6 is 0 Å². The highest BCUT2D eigenvalue weighted by Gasteiger charge is 2.32. The molecule has 0 spiro atoms. The third-order valence-corrected chi connectivity index (χ3v) is 2.96. The SMILES string of the molecule is C=C1CN(C(=N)N)N=C1c1ccc(C(F)(F)F)cc1OC. The van der Waals surface area contributed by atoms with Gasteiger partial charge in [0.2, 0.25) is 5.96 Å². The largest absolute Gasteiger partial charge is 0.496 e. The number of hydrogen-bond donors (Lipinski definition) is 2. The summed E-state index contributed by atoms with van der Waals surface area (Å²) in [6.45, 7) is 4.01. The Kier molecular flexibility index (Phi) is 3.63. The Bertz CT molecular complexity index is 637. The van der Waals surface area contributed by atoms with E-state index in [0.29, 0.717) is 16.8 Å². The number of nitrogens with one attached hydrogen (secondary N) is 1. The van der Waals surface area contributed by atoms with Crippen LogP contribution in [0.25, 0.3) is 0 Å². The van der Waals surface area contributed by atoms with Gasteiger partial charge in [-0.2, -0.15) is 18.3 Å². The minimum atomic E-state index is -4.45. The standard InChI is InChI=1S/C13H13F3N4O/c1-7-6-20(12(17)18)19-11(7)9-4-3-8(13(14,15)16)5-10(9)21-2/h3-5H,1,6H2,2H3,(H3,17,18). The van der Waals surface area contributed by atoms with Crippen LogP contribution in [-0.2, 0) is 6.18 Å². The quantitative estimate of drug-likeness (QED) is 0.649. The fourth-order valence-electron chi connectivity index (χ4n) is 1.93. The van der Waals surface area contributed by atoms with Crippen molar-refractivity contribution in [3.8, 4) is 5.75 Å². The molecule has 5 nitrogen and oxygen atoms in total. The molecule has 8 heteroatoms. The molecule has 1 aromatic carbocycles. The van der Waals surface area contributed by atoms with Crippen LogP contribution < -0.4 is 10.5 Å². The van der Waals surface area contributed by atoms with Crippen molar-refractivity contribution in [1.82, 2.24) is 5.01 Å². The fraction of sp³-hybridized carbons (Fsp3) is 0.231. The molecule has 0 bridgehead atoms. The number of nitrogens with zero attached hydrogens (tertiary/aromatic N) is 2. The highest BCUT2D eigenvalue weighted by Crippen LogP contribution is 2.34. The summed E-state index contributed by atoms with van der Waals surface area (Å²) in [5, 5.41) is 12.6. The Morgan fingerprint density at radius 1 is 1.48 bits per heavy atom. The van der Waals surface area contributed by atoms with Crippen LogP contribution in [0.4, 0.5) is 13.2 Å². The first kappa shape index (κ1) is 14.9. The molecular formula is C13H13F3N4O. The monoisotopic (exact) mass is 298 g/mol. The summed E-state index contributed by atoms with van der Waals surface area (Å²) >= 11 is 0. The van der Waals surface area contributed by atoms with E-state index < -0.39 is 11.7 Å². The van der Waals surface area contributed by atoms with E-state index in [2.05, 4.69) is 11.7 Å². The summed E-state index contributed by atoms with van der Waals surface area (Å²) in [5.74, 6) is -0.229. The molecule has 0 saturated heterocycles. The van der Waals surface area contributed by atoms with Crippen LogP contribution in [0.15, 0.2) is 35.5 Å². The Balaban J connectivity index is 2.47. The van der Waals surface area contributed by atoms with E-state index in [-0.39, 0.29) is 18.3 Å². The Morgan fingerprint density at radius 3 is 2.62 bits per heavy atom. The Morgan fingerprint density at radius 2 is 2.14 bits per heavy atom. The molecule has 21 heavy (non-hydrogen) atoms. The predicted octanol–water partition coefficient (Wildman–Crippen LogP) is 2.18. The molecule has 0 saturated carbocycles. The zero-order chi connectivity index (χ0) is 15.8. The van der Waals surface area contributed by atoms with Crippen LogP contribution in [0.1, 0.15) is 11.1 Å². The van der Waals surface area contributed by atoms with Crippen molar-refractivity contribution in [2.45, 2.75) is 6.18 Å². The summed E-state index contributed by atoms with van der Waals surface area (Å²) in [6.07, 6.45) is -4.45. The summed E-state index contributed by atoms with van der Waals surface area (Å²) in [5.41, 5.74) is 5.80. The van der Waals surface area contributed by atoms with Gasteiger partial charge >= 0.3 is 6.18 Å². The smallest absolute Gasteiger partial charge is 0.416 e. The maximum Gasteiger partial charge on any atom is 0.416 e. The molecule has 1 heterocycles. The number of benzene rings is 1. The number of hydrogen-bond acceptors (Lipinski definition) is 3. The highest BCUT2D eigenvalue weighted by atomic mass is 19.4. The minimum absolute atomic E-state index is 0.0372. The molecular weight excluding hydrogens is 285 g/mol. The first-order valence-corrected chi connectivity index (χ1v) is 5.88. The van der Waals surface area contributed by atoms with Gasteiger partial charge in [-0.3, -0.25) is 5.41 Å². The molecule has 0 fully saturated rings. The van der Waals surface area contributed by atoms with Gasteiger partial charge in [-0.15, -0.1) is 0 Å². The maximum absolute atomic E-state index is 12.7. The van der Waals surface area contributed by atoms with Crippen molar-refractivity contribution in [3.05, 3.63) is 41.5 Å². The van der Waals surface area contributed by atoms with E-state index in [1.807, 2.05) is 0 Å². The number of ether oxygens (including phenoxy) is 1. The molecule has 2 rings (SSSR count). The highest BCUT2D eigenvalue weighted by molar-refractivity contribution is 6.15. The fourth-order valence-corrected chi connectivity index (χ4v) is 1.93. The van der Waals surface area contributed by atoms with E-state index in [9.17, 15) is 13.2 Å². The van der Waals surface area contributed by atoms with Gasteiger partial charge in [-0.1, -0.05) is 6.58 Å². The zero-order valence-corrected chi connectivity index (χ0v) is 11.2. The molecule has 1 aliphatic heterocycles. The van der Waals surface area contributed by atoms with Gasteiger partial charge in [-0.05, 0) is 23.8 Å². The van der Waals surface area contributed by atoms with Crippen molar-refractivity contribution in [3.63, 3.8) is 0 Å². The molecule has 0 aliphatic carbocycles. The lowest BCUT2D eigenvalue weighted by atomic mass is 10.0. The molecule has 3 N–H and O–H groups in total. The molecule has 0 atom stereocenters. The van der Waals surface area contributed by atoms with E-state index >= 15 is 0 Å². The third kappa shape index (κ3) is 2.83. The Hall–Kier alpha value is -2.51. The van der Waals surface area contributed by atoms with Crippen molar-refractivity contribution < 1.29 is 17.9 Å². The van der Waals surface area contributed by atoms with E-state index in [0.717, 1.165) is 12.1 Å². The third-order valence-electron chi connectivity index (χ3n) is 2.96. The summed E-state index contributed by atoms with van der Waals surface area (Å²) in [4.78, 5) is 0. The molecule has 0 aromatic heterocycles. The van der Waals surface area contributed by atoms with Crippen molar-refractivity contribution >= 4 is 11.7 Å². The van der Waals surface area contributed by atoms with Gasteiger partial charge in [0, 0.05) is 5.56 Å². The molecule has 1 aliphatic rings. The minimum Gasteiger partial charge on any atom is -0.496 e. The van der Waals surface area contributed by atoms with Gasteiger partial charge < -0.3 is 10.5 Å². The van der Waals surface area contributed by atoms with Gasteiger partial charge in [0.1, 0.15) is 5.75 Å². The van der Waals surface area contributed by atoms with Gasteiger partial charge in [-0.25, -0.2) is 5.01 Å². The summed E-state index contributed by atoms with van der Waals surface area (Å²) in [6, 6.07) is 3.13. The van der Waals surface area contributed by atoms with Gasteiger partial charge in [0.25, 0.3) is 0 Å². The van der Waals surface area contributed by atoms with Crippen molar-refractivity contribution in [2.24, 2.45) is 10.8 Å². The number of rotatable bonds is 2.